The van der Waals surface area contributed by atoms with Crippen LogP contribution in [0.4, 0.5) is 0 Å². The van der Waals surface area contributed by atoms with Gasteiger partial charge in [0.2, 0.25) is 5.91 Å². The van der Waals surface area contributed by atoms with Gasteiger partial charge < -0.3 is 16.0 Å². The molecule has 1 aromatic heterocycles. The molecule has 25 heavy (non-hydrogen) atoms. The highest BCUT2D eigenvalue weighted by Gasteiger charge is 2.32. The molecule has 1 fully saturated rings. The smallest absolute Gasteiger partial charge is 0.265 e. The van der Waals surface area contributed by atoms with E-state index in [2.05, 4.69) is 31.1 Å². The van der Waals surface area contributed by atoms with Gasteiger partial charge in [-0.3, -0.25) is 9.59 Å². The minimum atomic E-state index is -0.168. The number of rotatable bonds is 4. The number of carbonyl (C=O) groups excluding carboxylic acids is 2. The standard InChI is InChI=1S/C16H26N4O2S.2ClH/c1-16(2,3)13-12(23-10-19-13)15(22)20-8-4-5-11(9-20)14(21)18-7-6-17;;/h10-11H,4-9,17H2,1-3H3,(H,18,21);2*1H. The number of likely N-dealkylation sites (tertiary alicyclic amines) is 1. The van der Waals surface area contributed by atoms with Crippen LogP contribution in [0.1, 0.15) is 49.0 Å². The molecule has 1 aromatic rings. The summed E-state index contributed by atoms with van der Waals surface area (Å²) in [6, 6.07) is 0. The van der Waals surface area contributed by atoms with Gasteiger partial charge in [-0.2, -0.15) is 0 Å². The van der Waals surface area contributed by atoms with Crippen LogP contribution in [0.3, 0.4) is 0 Å². The summed E-state index contributed by atoms with van der Waals surface area (Å²) in [6.07, 6.45) is 1.66. The Morgan fingerprint density at radius 2 is 2.08 bits per heavy atom. The van der Waals surface area contributed by atoms with Crippen molar-refractivity contribution in [2.45, 2.75) is 39.0 Å². The minimum Gasteiger partial charge on any atom is -0.355 e. The minimum absolute atomic E-state index is 0. The van der Waals surface area contributed by atoms with E-state index in [-0.39, 0.29) is 48.0 Å². The average molecular weight is 411 g/mol. The van der Waals surface area contributed by atoms with Gasteiger partial charge in [0.15, 0.2) is 0 Å². The molecule has 9 heteroatoms. The zero-order chi connectivity index (χ0) is 17.0. The van der Waals surface area contributed by atoms with Crippen molar-refractivity contribution in [3.05, 3.63) is 16.1 Å². The number of aromatic nitrogens is 1. The highest BCUT2D eigenvalue weighted by molar-refractivity contribution is 7.11. The van der Waals surface area contributed by atoms with Crippen LogP contribution in [0.25, 0.3) is 0 Å². The van der Waals surface area contributed by atoms with Crippen LogP contribution in [-0.2, 0) is 10.2 Å². The number of thiazole rings is 1. The van der Waals surface area contributed by atoms with Gasteiger partial charge in [-0.1, -0.05) is 20.8 Å². The second-order valence-electron chi connectivity index (χ2n) is 6.95. The second-order valence-corrected chi connectivity index (χ2v) is 7.80. The molecule has 0 aromatic carbocycles. The van der Waals surface area contributed by atoms with Crippen molar-refractivity contribution >= 4 is 48.0 Å². The third-order valence-electron chi connectivity index (χ3n) is 4.00. The normalized spacial score (nSPS) is 17.3. The molecule has 0 bridgehead atoms. The van der Waals surface area contributed by atoms with Crippen molar-refractivity contribution in [3.63, 3.8) is 0 Å². The second kappa shape index (κ2) is 10.3. The van der Waals surface area contributed by atoms with E-state index in [1.165, 1.54) is 11.3 Å². The molecule has 2 amide bonds. The number of carbonyl (C=O) groups is 2. The summed E-state index contributed by atoms with van der Waals surface area (Å²) in [4.78, 5) is 31.8. The van der Waals surface area contributed by atoms with Gasteiger partial charge in [0.1, 0.15) is 4.88 Å². The summed E-state index contributed by atoms with van der Waals surface area (Å²) >= 11 is 1.38. The molecule has 0 spiro atoms. The summed E-state index contributed by atoms with van der Waals surface area (Å²) in [7, 11) is 0. The topological polar surface area (TPSA) is 88.3 Å². The van der Waals surface area contributed by atoms with E-state index in [0.29, 0.717) is 31.1 Å². The monoisotopic (exact) mass is 410 g/mol. The number of nitrogens with zero attached hydrogens (tertiary/aromatic N) is 2. The summed E-state index contributed by atoms with van der Waals surface area (Å²) in [5.41, 5.74) is 7.81. The van der Waals surface area contributed by atoms with E-state index in [0.717, 1.165) is 18.5 Å². The maximum atomic E-state index is 12.9. The van der Waals surface area contributed by atoms with E-state index in [1.54, 1.807) is 10.4 Å². The first-order chi connectivity index (χ1) is 10.8. The molecule has 1 saturated heterocycles. The lowest BCUT2D eigenvalue weighted by Gasteiger charge is -2.32. The fourth-order valence-electron chi connectivity index (χ4n) is 2.79. The Labute approximate surface area is 165 Å². The predicted octanol–water partition coefficient (Wildman–Crippen LogP) is 2.21. The number of hydrogen-bond acceptors (Lipinski definition) is 5. The van der Waals surface area contributed by atoms with Crippen LogP contribution in [0.2, 0.25) is 0 Å². The molecule has 6 nitrogen and oxygen atoms in total. The van der Waals surface area contributed by atoms with Gasteiger partial charge in [0, 0.05) is 31.6 Å². The molecular weight excluding hydrogens is 383 g/mol. The quantitative estimate of drug-likeness (QED) is 0.795. The van der Waals surface area contributed by atoms with Gasteiger partial charge in [0.05, 0.1) is 17.1 Å². The van der Waals surface area contributed by atoms with Crippen molar-refractivity contribution in [1.29, 1.82) is 0 Å². The van der Waals surface area contributed by atoms with Crippen molar-refractivity contribution in [3.8, 4) is 0 Å². The number of hydrogen-bond donors (Lipinski definition) is 2. The van der Waals surface area contributed by atoms with Crippen molar-refractivity contribution < 1.29 is 9.59 Å². The van der Waals surface area contributed by atoms with E-state index in [4.69, 9.17) is 5.73 Å². The molecule has 2 rings (SSSR count). The molecule has 144 valence electrons. The predicted molar refractivity (Wildman–Crippen MR) is 106 cm³/mol. The van der Waals surface area contributed by atoms with E-state index in [1.807, 2.05) is 0 Å². The van der Waals surface area contributed by atoms with Gasteiger partial charge in [-0.05, 0) is 12.8 Å². The Kier molecular flexibility index (Phi) is 9.94. The Hall–Kier alpha value is -0.890. The van der Waals surface area contributed by atoms with Crippen LogP contribution in [0.15, 0.2) is 5.51 Å². The van der Waals surface area contributed by atoms with Crippen LogP contribution in [0, 0.1) is 5.92 Å². The summed E-state index contributed by atoms with van der Waals surface area (Å²) in [5, 5.41) is 2.82. The van der Waals surface area contributed by atoms with Crippen molar-refractivity contribution in [2.75, 3.05) is 26.2 Å². The van der Waals surface area contributed by atoms with Gasteiger partial charge in [-0.15, -0.1) is 36.2 Å². The van der Waals surface area contributed by atoms with E-state index >= 15 is 0 Å². The third kappa shape index (κ3) is 6.09. The molecule has 2 heterocycles. The molecule has 3 N–H and O–H groups in total. The lowest BCUT2D eigenvalue weighted by Crippen LogP contribution is -2.46. The van der Waals surface area contributed by atoms with Crippen LogP contribution < -0.4 is 11.1 Å². The first-order valence-corrected chi connectivity index (χ1v) is 8.93. The third-order valence-corrected chi connectivity index (χ3v) is 4.81. The number of amides is 2. The highest BCUT2D eigenvalue weighted by Crippen LogP contribution is 2.29. The zero-order valence-corrected chi connectivity index (χ0v) is 17.4. The Morgan fingerprint density at radius 3 is 2.68 bits per heavy atom. The molecule has 1 aliphatic heterocycles. The molecule has 1 unspecified atom stereocenters. The SMILES string of the molecule is CC(C)(C)c1ncsc1C(=O)N1CCCC(C(=O)NCCN)C1.Cl.Cl. The first kappa shape index (κ1) is 24.1. The lowest BCUT2D eigenvalue weighted by molar-refractivity contribution is -0.126. The van der Waals surface area contributed by atoms with Crippen molar-refractivity contribution in [1.82, 2.24) is 15.2 Å². The maximum absolute atomic E-state index is 12.9. The van der Waals surface area contributed by atoms with Crippen LogP contribution in [-0.4, -0.2) is 47.9 Å². The molecule has 0 radical (unpaired) electrons. The molecule has 0 aliphatic carbocycles. The Balaban J connectivity index is 0.00000288. The molecular formula is C16H28Cl2N4O2S. The zero-order valence-electron chi connectivity index (χ0n) is 14.9. The first-order valence-electron chi connectivity index (χ1n) is 8.05. The summed E-state index contributed by atoms with van der Waals surface area (Å²) in [6.45, 7) is 8.23. The Bertz CT molecular complexity index is 575. The Morgan fingerprint density at radius 1 is 1.40 bits per heavy atom. The number of nitrogens with one attached hydrogen (secondary N) is 1. The van der Waals surface area contributed by atoms with E-state index < -0.39 is 0 Å². The van der Waals surface area contributed by atoms with Crippen LogP contribution in [0.5, 0.6) is 0 Å². The van der Waals surface area contributed by atoms with Gasteiger partial charge in [-0.25, -0.2) is 4.98 Å². The van der Waals surface area contributed by atoms with Crippen LogP contribution >= 0.6 is 36.2 Å². The summed E-state index contributed by atoms with van der Waals surface area (Å²) in [5.74, 6) is -0.160. The largest absolute Gasteiger partial charge is 0.355 e. The number of halogens is 2. The maximum Gasteiger partial charge on any atom is 0.265 e. The fraction of sp³-hybridized carbons (Fsp3) is 0.688. The van der Waals surface area contributed by atoms with E-state index in [9.17, 15) is 9.59 Å². The fourth-order valence-corrected chi connectivity index (χ4v) is 3.76. The molecule has 0 saturated carbocycles. The average Bonchev–Trinajstić information content (AvgIpc) is 3.01. The number of nitrogens with two attached hydrogens (primary N) is 1. The van der Waals surface area contributed by atoms with Crippen molar-refractivity contribution in [2.24, 2.45) is 11.7 Å². The van der Waals surface area contributed by atoms with Gasteiger partial charge in [0.25, 0.3) is 5.91 Å². The molecule has 1 atom stereocenters. The lowest BCUT2D eigenvalue weighted by atomic mass is 9.90. The summed E-state index contributed by atoms with van der Waals surface area (Å²) < 4.78 is 0. The van der Waals surface area contributed by atoms with Gasteiger partial charge >= 0.3 is 0 Å². The highest BCUT2D eigenvalue weighted by atomic mass is 35.5. The number of piperidine rings is 1. The molecule has 1 aliphatic rings.